The second-order valence-corrected chi connectivity index (χ2v) is 3.34. The molecule has 1 fully saturated rings. The van der Waals surface area contributed by atoms with Gasteiger partial charge in [-0.05, 0) is 6.92 Å². The maximum atomic E-state index is 12.2. The second kappa shape index (κ2) is 3.23. The molecule has 0 amide bonds. The number of carbonyl (C=O) groups excluding carboxylic acids is 1. The molecule has 1 aliphatic carbocycles. The number of hydrogen-bond donors (Lipinski definition) is 0. The van der Waals surface area contributed by atoms with Crippen molar-refractivity contribution in [3.05, 3.63) is 0 Å². The van der Waals surface area contributed by atoms with E-state index in [1.165, 1.54) is 6.92 Å². The van der Waals surface area contributed by atoms with Crippen LogP contribution in [-0.2, 0) is 9.53 Å². The average molecular weight is 195 g/mol. The van der Waals surface area contributed by atoms with Crippen molar-refractivity contribution in [3.8, 4) is 0 Å². The lowest BCUT2D eigenvalue weighted by Crippen LogP contribution is -2.19. The molecule has 3 atom stereocenters. The molecule has 6 heteroatoms. The van der Waals surface area contributed by atoms with Gasteiger partial charge in [-0.3, -0.25) is 4.79 Å². The van der Waals surface area contributed by atoms with Crippen molar-refractivity contribution in [2.45, 2.75) is 19.7 Å². The summed E-state index contributed by atoms with van der Waals surface area (Å²) in [5, 5.41) is 0. The summed E-state index contributed by atoms with van der Waals surface area (Å²) in [6.07, 6.45) is 0. The van der Waals surface area contributed by atoms with Crippen molar-refractivity contribution >= 4 is 12.9 Å². The highest BCUT2D eigenvalue weighted by Gasteiger charge is 2.61. The van der Waals surface area contributed by atoms with Gasteiger partial charge in [-0.25, -0.2) is 0 Å². The van der Waals surface area contributed by atoms with Crippen molar-refractivity contribution < 1.29 is 22.5 Å². The van der Waals surface area contributed by atoms with E-state index in [-0.39, 0.29) is 6.61 Å². The molecule has 0 N–H and O–H groups in total. The van der Waals surface area contributed by atoms with Gasteiger partial charge in [0.05, 0.1) is 6.61 Å². The van der Waals surface area contributed by atoms with Crippen LogP contribution in [0.4, 0.5) is 12.9 Å². The van der Waals surface area contributed by atoms with Crippen molar-refractivity contribution in [1.82, 2.24) is 0 Å². The molecule has 13 heavy (non-hydrogen) atoms. The minimum absolute atomic E-state index is 0.139. The van der Waals surface area contributed by atoms with Crippen LogP contribution in [0, 0.1) is 11.8 Å². The highest BCUT2D eigenvalue weighted by molar-refractivity contribution is 6.62. The SMILES string of the molecule is CCOC(=O)C1C(C)C1[B-](F)(F)F. The monoisotopic (exact) mass is 195 g/mol. The third-order valence-electron chi connectivity index (χ3n) is 2.44. The third kappa shape index (κ3) is 1.98. The highest BCUT2D eigenvalue weighted by Crippen LogP contribution is 2.59. The van der Waals surface area contributed by atoms with Crippen LogP contribution in [0.5, 0.6) is 0 Å². The normalized spacial score (nSPS) is 32.8. The summed E-state index contributed by atoms with van der Waals surface area (Å²) in [6, 6.07) is 0. The van der Waals surface area contributed by atoms with Gasteiger partial charge in [-0.1, -0.05) is 18.7 Å². The second-order valence-electron chi connectivity index (χ2n) is 3.34. The van der Waals surface area contributed by atoms with Crippen LogP contribution in [0.15, 0.2) is 0 Å². The lowest BCUT2D eigenvalue weighted by atomic mass is 9.81. The van der Waals surface area contributed by atoms with E-state index in [2.05, 4.69) is 4.74 Å². The Bertz CT molecular complexity index is 216. The third-order valence-corrected chi connectivity index (χ3v) is 2.44. The Morgan fingerprint density at radius 2 is 2.00 bits per heavy atom. The van der Waals surface area contributed by atoms with Crippen molar-refractivity contribution in [2.75, 3.05) is 6.61 Å². The van der Waals surface area contributed by atoms with Crippen LogP contribution in [0.25, 0.3) is 0 Å². The number of hydrogen-bond acceptors (Lipinski definition) is 2. The molecule has 76 valence electrons. The first-order chi connectivity index (χ1) is 5.89. The predicted octanol–water partition coefficient (Wildman–Crippen LogP) is 2.03. The Morgan fingerprint density at radius 3 is 2.31 bits per heavy atom. The van der Waals surface area contributed by atoms with E-state index in [1.54, 1.807) is 6.92 Å². The summed E-state index contributed by atoms with van der Waals surface area (Å²) in [4.78, 5) is 11.0. The Labute approximate surface area is 74.5 Å². The van der Waals surface area contributed by atoms with Gasteiger partial charge in [-0.15, -0.1) is 0 Å². The zero-order valence-electron chi connectivity index (χ0n) is 7.47. The van der Waals surface area contributed by atoms with Crippen molar-refractivity contribution in [2.24, 2.45) is 11.8 Å². The molecule has 2 nitrogen and oxygen atoms in total. The molecule has 0 heterocycles. The zero-order chi connectivity index (χ0) is 10.2. The van der Waals surface area contributed by atoms with E-state index < -0.39 is 30.6 Å². The molecule has 0 aromatic heterocycles. The Morgan fingerprint density at radius 1 is 1.46 bits per heavy atom. The maximum absolute atomic E-state index is 12.2. The molecule has 0 spiro atoms. The largest absolute Gasteiger partial charge is 0.482 e. The molecule has 3 unspecified atom stereocenters. The minimum Gasteiger partial charge on any atom is -0.466 e. The average Bonchev–Trinajstić information content (AvgIpc) is 2.60. The van der Waals surface area contributed by atoms with E-state index in [0.29, 0.717) is 0 Å². The van der Waals surface area contributed by atoms with Crippen molar-refractivity contribution in [1.29, 1.82) is 0 Å². The topological polar surface area (TPSA) is 26.3 Å². The number of carbonyl (C=O) groups is 1. The summed E-state index contributed by atoms with van der Waals surface area (Å²) in [7, 11) is 0. The number of esters is 1. The summed E-state index contributed by atoms with van der Waals surface area (Å²) in [5.74, 6) is -3.68. The number of halogens is 3. The van der Waals surface area contributed by atoms with Gasteiger partial charge in [-0.2, -0.15) is 0 Å². The minimum atomic E-state index is -4.89. The molecule has 0 aromatic carbocycles. The maximum Gasteiger partial charge on any atom is 0.482 e. The molecule has 0 saturated heterocycles. The summed E-state index contributed by atoms with van der Waals surface area (Å²) in [5.41, 5.74) is 0. The molecule has 1 saturated carbocycles. The van der Waals surface area contributed by atoms with Crippen LogP contribution in [0.3, 0.4) is 0 Å². The van der Waals surface area contributed by atoms with E-state index in [1.807, 2.05) is 0 Å². The van der Waals surface area contributed by atoms with Gasteiger partial charge in [0.15, 0.2) is 0 Å². The standard InChI is InChI=1S/C7H11BF3O2/c1-3-13-7(12)5-4(2)6(5)8(9,10)11/h4-6H,3H2,1-2H3/q-1. The van der Waals surface area contributed by atoms with Gasteiger partial charge in [0.2, 0.25) is 0 Å². The van der Waals surface area contributed by atoms with Gasteiger partial charge in [0, 0.05) is 5.92 Å². The molecule has 0 radical (unpaired) electrons. The fourth-order valence-electron chi connectivity index (χ4n) is 1.68. The summed E-state index contributed by atoms with van der Waals surface area (Å²) < 4.78 is 41.1. The van der Waals surface area contributed by atoms with Crippen LogP contribution in [0.1, 0.15) is 13.8 Å². The lowest BCUT2D eigenvalue weighted by molar-refractivity contribution is -0.145. The first-order valence-electron chi connectivity index (χ1n) is 4.26. The van der Waals surface area contributed by atoms with Crippen LogP contribution >= 0.6 is 0 Å². The van der Waals surface area contributed by atoms with Gasteiger partial charge >= 0.3 is 12.9 Å². The van der Waals surface area contributed by atoms with Crippen LogP contribution in [0.2, 0.25) is 5.82 Å². The zero-order valence-corrected chi connectivity index (χ0v) is 7.47. The van der Waals surface area contributed by atoms with Crippen molar-refractivity contribution in [3.63, 3.8) is 0 Å². The van der Waals surface area contributed by atoms with E-state index in [0.717, 1.165) is 0 Å². The number of ether oxygens (including phenoxy) is 1. The quantitative estimate of drug-likeness (QED) is 0.508. The molecule has 0 bridgehead atoms. The Kier molecular flexibility index (Phi) is 2.59. The molecule has 1 rings (SSSR count). The summed E-state index contributed by atoms with van der Waals surface area (Å²) >= 11 is 0. The molecular formula is C7H11BF3O2-. The van der Waals surface area contributed by atoms with E-state index in [4.69, 9.17) is 0 Å². The smallest absolute Gasteiger partial charge is 0.466 e. The van der Waals surface area contributed by atoms with Gasteiger partial charge in [0.1, 0.15) is 0 Å². The molecule has 0 aliphatic heterocycles. The first kappa shape index (κ1) is 10.4. The van der Waals surface area contributed by atoms with E-state index >= 15 is 0 Å². The Hall–Kier alpha value is -0.675. The molecule has 1 aliphatic rings. The molecular weight excluding hydrogens is 184 g/mol. The van der Waals surface area contributed by atoms with Gasteiger partial charge in [0.25, 0.3) is 0 Å². The van der Waals surface area contributed by atoms with Gasteiger partial charge < -0.3 is 17.7 Å². The molecule has 0 aromatic rings. The highest BCUT2D eigenvalue weighted by atomic mass is 19.4. The Balaban J connectivity index is 2.53. The predicted molar refractivity (Wildman–Crippen MR) is 42.1 cm³/mol. The fourth-order valence-corrected chi connectivity index (χ4v) is 1.68. The van der Waals surface area contributed by atoms with Crippen LogP contribution < -0.4 is 0 Å². The first-order valence-corrected chi connectivity index (χ1v) is 4.26. The van der Waals surface area contributed by atoms with E-state index in [9.17, 15) is 17.7 Å². The fraction of sp³-hybridized carbons (Fsp3) is 0.857. The lowest BCUT2D eigenvalue weighted by Gasteiger charge is -2.12. The van der Waals surface area contributed by atoms with Crippen LogP contribution in [-0.4, -0.2) is 19.6 Å². The number of rotatable bonds is 3. The summed E-state index contributed by atoms with van der Waals surface area (Å²) in [6.45, 7) is -1.73.